The molecule has 0 spiro atoms. The predicted octanol–water partition coefficient (Wildman–Crippen LogP) is 9.51. The largest absolute Gasteiger partial charge is 0.507 e. The van der Waals surface area contributed by atoms with Crippen LogP contribution >= 0.6 is 0 Å². The highest BCUT2D eigenvalue weighted by atomic mass is 16.3. The zero-order valence-corrected chi connectivity index (χ0v) is 29.1. The number of rotatable bonds is 12. The van der Waals surface area contributed by atoms with Crippen LogP contribution in [0.25, 0.3) is 0 Å². The minimum Gasteiger partial charge on any atom is -0.507 e. The first-order chi connectivity index (χ1) is 19.7. The molecule has 1 saturated heterocycles. The predicted molar refractivity (Wildman–Crippen MR) is 180 cm³/mol. The number of hydrogen-bond donors (Lipinski definition) is 2. The number of piperazine rings is 1. The first-order valence-corrected chi connectivity index (χ1v) is 16.8. The lowest BCUT2D eigenvalue weighted by atomic mass is 9.85. The van der Waals surface area contributed by atoms with Gasteiger partial charge in [-0.1, -0.05) is 67.5 Å². The Bertz CT molecular complexity index is 1110. The molecule has 0 saturated carbocycles. The molecule has 2 aromatic rings. The van der Waals surface area contributed by atoms with Gasteiger partial charge in [0.25, 0.3) is 0 Å². The molecule has 1 heterocycles. The third kappa shape index (κ3) is 7.53. The molecule has 0 bridgehead atoms. The van der Waals surface area contributed by atoms with Gasteiger partial charge in [0.15, 0.2) is 0 Å². The summed E-state index contributed by atoms with van der Waals surface area (Å²) in [6.07, 6.45) is 4.36. The molecule has 0 radical (unpaired) electrons. The van der Waals surface area contributed by atoms with Crippen LogP contribution in [0.3, 0.4) is 0 Å². The first kappa shape index (κ1) is 34.5. The van der Waals surface area contributed by atoms with E-state index in [1.54, 1.807) is 0 Å². The van der Waals surface area contributed by atoms with Gasteiger partial charge < -0.3 is 10.2 Å². The van der Waals surface area contributed by atoms with Gasteiger partial charge in [-0.25, -0.2) is 0 Å². The van der Waals surface area contributed by atoms with Gasteiger partial charge in [-0.15, -0.1) is 0 Å². The molecule has 1 aliphatic rings. The fourth-order valence-corrected chi connectivity index (χ4v) is 7.22. The summed E-state index contributed by atoms with van der Waals surface area (Å²) in [5.74, 6) is 2.89. The lowest BCUT2D eigenvalue weighted by Crippen LogP contribution is -2.59. The summed E-state index contributed by atoms with van der Waals surface area (Å²) in [6.45, 7) is 30.7. The summed E-state index contributed by atoms with van der Waals surface area (Å²) in [6, 6.07) is 5.35. The van der Waals surface area contributed by atoms with Crippen LogP contribution in [-0.2, 0) is 13.1 Å². The van der Waals surface area contributed by atoms with Crippen LogP contribution in [0.1, 0.15) is 137 Å². The molecule has 2 aromatic carbocycles. The van der Waals surface area contributed by atoms with Gasteiger partial charge in [0.1, 0.15) is 11.5 Å². The maximum atomic E-state index is 11.2. The average Bonchev–Trinajstić information content (AvgIpc) is 2.93. The van der Waals surface area contributed by atoms with E-state index in [-0.39, 0.29) is 0 Å². The van der Waals surface area contributed by atoms with E-state index in [0.717, 1.165) is 74.1 Å². The lowest BCUT2D eigenvalue weighted by molar-refractivity contribution is -0.00911. The quantitative estimate of drug-likeness (QED) is 0.263. The third-order valence-electron chi connectivity index (χ3n) is 10.4. The molecule has 3 rings (SSSR count). The Morgan fingerprint density at radius 2 is 0.976 bits per heavy atom. The average molecular weight is 579 g/mol. The summed E-state index contributed by atoms with van der Waals surface area (Å²) in [5, 5.41) is 22.4. The van der Waals surface area contributed by atoms with Gasteiger partial charge in [-0.2, -0.15) is 0 Å². The topological polar surface area (TPSA) is 46.9 Å². The van der Waals surface area contributed by atoms with Crippen molar-refractivity contribution in [3.05, 3.63) is 56.6 Å². The second-order valence-corrected chi connectivity index (χ2v) is 14.4. The van der Waals surface area contributed by atoms with Crippen LogP contribution in [0.5, 0.6) is 11.5 Å². The highest BCUT2D eigenvalue weighted by molar-refractivity contribution is 5.51. The molecule has 4 atom stereocenters. The van der Waals surface area contributed by atoms with Crippen LogP contribution in [0.4, 0.5) is 0 Å². The van der Waals surface area contributed by atoms with Crippen molar-refractivity contribution in [3.8, 4) is 11.5 Å². The van der Waals surface area contributed by atoms with E-state index in [9.17, 15) is 10.2 Å². The number of aryl methyl sites for hydroxylation is 2. The van der Waals surface area contributed by atoms with Crippen molar-refractivity contribution >= 4 is 0 Å². The van der Waals surface area contributed by atoms with E-state index < -0.39 is 0 Å². The maximum absolute atomic E-state index is 11.2. The second-order valence-electron chi connectivity index (χ2n) is 14.4. The lowest BCUT2D eigenvalue weighted by Gasteiger charge is -2.50. The molecule has 4 heteroatoms. The van der Waals surface area contributed by atoms with E-state index in [1.807, 2.05) is 0 Å². The molecule has 1 aliphatic heterocycles. The van der Waals surface area contributed by atoms with E-state index in [1.165, 1.54) is 22.3 Å². The fourth-order valence-electron chi connectivity index (χ4n) is 7.22. The standard InChI is InChI=1S/C38H62N2O2/c1-13-25(7)31-19-27(9)33(29(11)37(31)41)21-39-15-16-40(36(18-24(5)6)35(39)17-23(3)4)22-34-28(10)20-32(26(8)14-2)38(42)30(34)12/h19-20,23-26,35-36,41-42H,13-18,21-22H2,1-12H3. The minimum absolute atomic E-state index is 0.356. The first-order valence-electron chi connectivity index (χ1n) is 16.8. The summed E-state index contributed by atoms with van der Waals surface area (Å²) in [7, 11) is 0. The Labute approximate surface area is 258 Å². The molecule has 0 aliphatic carbocycles. The van der Waals surface area contributed by atoms with E-state index in [2.05, 4.69) is 105 Å². The zero-order chi connectivity index (χ0) is 31.5. The number of hydrogen-bond acceptors (Lipinski definition) is 4. The molecule has 4 unspecified atom stereocenters. The monoisotopic (exact) mass is 578 g/mol. The highest BCUT2D eigenvalue weighted by Crippen LogP contribution is 2.39. The van der Waals surface area contributed by atoms with Gasteiger partial charge in [-0.05, 0) is 122 Å². The van der Waals surface area contributed by atoms with Crippen molar-refractivity contribution in [1.29, 1.82) is 0 Å². The van der Waals surface area contributed by atoms with Crippen LogP contribution in [0.15, 0.2) is 12.1 Å². The van der Waals surface area contributed by atoms with Gasteiger partial charge in [0.05, 0.1) is 0 Å². The zero-order valence-electron chi connectivity index (χ0n) is 29.1. The Hall–Kier alpha value is -2.04. The smallest absolute Gasteiger partial charge is 0.122 e. The minimum atomic E-state index is 0.356. The van der Waals surface area contributed by atoms with E-state index in [4.69, 9.17) is 0 Å². The molecule has 2 N–H and O–H groups in total. The van der Waals surface area contributed by atoms with Gasteiger partial charge in [-0.3, -0.25) is 9.80 Å². The number of benzene rings is 2. The van der Waals surface area contributed by atoms with E-state index >= 15 is 0 Å². The molecular formula is C38H62N2O2. The van der Waals surface area contributed by atoms with Crippen LogP contribution in [-0.4, -0.2) is 45.2 Å². The molecule has 4 nitrogen and oxygen atoms in total. The Morgan fingerprint density at radius 1 is 0.643 bits per heavy atom. The number of phenols is 2. The van der Waals surface area contributed by atoms with Crippen molar-refractivity contribution in [2.45, 2.75) is 146 Å². The maximum Gasteiger partial charge on any atom is 0.122 e. The van der Waals surface area contributed by atoms with Crippen molar-refractivity contribution in [2.75, 3.05) is 13.1 Å². The van der Waals surface area contributed by atoms with Crippen molar-refractivity contribution in [3.63, 3.8) is 0 Å². The molecular weight excluding hydrogens is 516 g/mol. The van der Waals surface area contributed by atoms with E-state index in [0.29, 0.717) is 47.3 Å². The number of phenolic OH excluding ortho intramolecular Hbond substituents is 2. The Balaban J connectivity index is 1.99. The SMILES string of the molecule is CCC(C)c1cc(C)c(CN2CCN(Cc3c(C)cc(C(C)CC)c(O)c3C)C(CC(C)C)C2CC(C)C)c(C)c1O. The Kier molecular flexibility index (Phi) is 12.0. The summed E-state index contributed by atoms with van der Waals surface area (Å²) in [5.41, 5.74) is 9.48. The van der Waals surface area contributed by atoms with Crippen LogP contribution in [0.2, 0.25) is 0 Å². The highest BCUT2D eigenvalue weighted by Gasteiger charge is 2.38. The second kappa shape index (κ2) is 14.6. The van der Waals surface area contributed by atoms with Crippen LogP contribution in [0, 0.1) is 39.5 Å². The third-order valence-corrected chi connectivity index (χ3v) is 10.4. The molecule has 1 fully saturated rings. The summed E-state index contributed by atoms with van der Waals surface area (Å²) >= 11 is 0. The van der Waals surface area contributed by atoms with Crippen molar-refractivity contribution in [2.24, 2.45) is 11.8 Å². The van der Waals surface area contributed by atoms with Gasteiger partial charge in [0.2, 0.25) is 0 Å². The van der Waals surface area contributed by atoms with Crippen LogP contribution < -0.4 is 0 Å². The van der Waals surface area contributed by atoms with Crippen molar-refractivity contribution < 1.29 is 10.2 Å². The molecule has 42 heavy (non-hydrogen) atoms. The molecule has 0 amide bonds. The molecule has 0 aromatic heterocycles. The summed E-state index contributed by atoms with van der Waals surface area (Å²) in [4.78, 5) is 5.45. The fraction of sp³-hybridized carbons (Fsp3) is 0.684. The number of nitrogens with zero attached hydrogens (tertiary/aromatic N) is 2. The summed E-state index contributed by atoms with van der Waals surface area (Å²) < 4.78 is 0. The number of aromatic hydroxyl groups is 2. The molecule has 236 valence electrons. The Morgan fingerprint density at radius 3 is 1.26 bits per heavy atom. The van der Waals surface area contributed by atoms with Crippen molar-refractivity contribution in [1.82, 2.24) is 9.80 Å². The van der Waals surface area contributed by atoms with Gasteiger partial charge in [0, 0.05) is 38.3 Å². The normalized spacial score (nSPS) is 20.0. The van der Waals surface area contributed by atoms with Gasteiger partial charge >= 0.3 is 0 Å².